The van der Waals surface area contributed by atoms with Crippen molar-refractivity contribution in [3.8, 4) is 21.8 Å². The van der Waals surface area contributed by atoms with Gasteiger partial charge in [0.25, 0.3) is 0 Å². The van der Waals surface area contributed by atoms with Gasteiger partial charge in [0, 0.05) is 54.8 Å². The second kappa shape index (κ2) is 18.1. The average Bonchev–Trinajstić information content (AvgIpc) is 3.49. The smallest absolute Gasteiger partial charge is 0.162 e. The SMILES string of the molecule is CC(C)Cc1ccc2cc(-c3cc(-c4[c-]c5ccccc5c(C(C)(C)C)c4)ncn3)sc2n1.CCC(CC)C(=O)/C=C(\O)C(CC)CC.[Ir]. The van der Waals surface area contributed by atoms with Crippen LogP contribution in [-0.4, -0.2) is 25.8 Å². The molecule has 0 saturated carbocycles. The molecule has 2 aromatic carbocycles. The van der Waals surface area contributed by atoms with Crippen LogP contribution in [-0.2, 0) is 36.7 Å². The molecule has 0 fully saturated rings. The summed E-state index contributed by atoms with van der Waals surface area (Å²) < 4.78 is 0. The predicted molar refractivity (Wildman–Crippen MR) is 204 cm³/mol. The summed E-state index contributed by atoms with van der Waals surface area (Å²) in [6, 6.07) is 22.9. The average molecular weight is 855 g/mol. The van der Waals surface area contributed by atoms with E-state index in [4.69, 9.17) is 4.98 Å². The summed E-state index contributed by atoms with van der Waals surface area (Å²) in [5.74, 6) is 1.14. The fourth-order valence-corrected chi connectivity index (χ4v) is 7.04. The molecule has 3 heterocycles. The van der Waals surface area contributed by atoms with Crippen LogP contribution in [0.2, 0.25) is 0 Å². The minimum atomic E-state index is 0. The third-order valence-corrected chi connectivity index (χ3v) is 9.99. The Bertz CT molecular complexity index is 1860. The monoisotopic (exact) mass is 855 g/mol. The molecule has 0 bridgehead atoms. The van der Waals surface area contributed by atoms with Gasteiger partial charge in [0.15, 0.2) is 5.78 Å². The third-order valence-electron chi connectivity index (χ3n) is 8.92. The number of nitrogens with zero attached hydrogens (tertiary/aromatic N) is 3. The van der Waals surface area contributed by atoms with E-state index in [1.807, 2.05) is 27.7 Å². The molecule has 5 rings (SSSR count). The van der Waals surface area contributed by atoms with Gasteiger partial charge in [0.05, 0.1) is 16.3 Å². The van der Waals surface area contributed by atoms with Gasteiger partial charge in [0.2, 0.25) is 0 Å². The second-order valence-corrected chi connectivity index (χ2v) is 15.1. The van der Waals surface area contributed by atoms with E-state index in [9.17, 15) is 9.90 Å². The molecule has 49 heavy (non-hydrogen) atoms. The van der Waals surface area contributed by atoms with Crippen molar-refractivity contribution in [2.75, 3.05) is 0 Å². The summed E-state index contributed by atoms with van der Waals surface area (Å²) in [6.45, 7) is 19.3. The van der Waals surface area contributed by atoms with Crippen LogP contribution in [0, 0.1) is 23.8 Å². The summed E-state index contributed by atoms with van der Waals surface area (Å²) in [5, 5.41) is 13.3. The maximum atomic E-state index is 11.7. The van der Waals surface area contributed by atoms with Crippen LogP contribution < -0.4 is 0 Å². The number of pyridine rings is 1. The standard InChI is InChI=1S/C29H28N3S.C13H24O2.Ir/c1-18(2)12-22-11-10-20-15-27(33-28(20)32-22)26-16-25(30-17-31-26)21-13-19-8-6-7-9-23(19)24(14-21)29(3,4)5;1-5-10(6-2)12(14)9-13(15)11(7-3)8-4;/h6-11,14-18H,12H2,1-5H3;9-11,14H,5-8H2,1-4H3;/q-1;;/b;12-9-;. The zero-order chi connectivity index (χ0) is 35.0. The first-order valence-corrected chi connectivity index (χ1v) is 18.3. The topological polar surface area (TPSA) is 76.0 Å². The normalized spacial score (nSPS) is 12.0. The molecule has 1 radical (unpaired) electrons. The summed E-state index contributed by atoms with van der Waals surface area (Å²) in [4.78, 5) is 28.0. The van der Waals surface area contributed by atoms with E-state index < -0.39 is 0 Å². The summed E-state index contributed by atoms with van der Waals surface area (Å²) >= 11 is 1.69. The number of ketones is 1. The minimum Gasteiger partial charge on any atom is -0.512 e. The van der Waals surface area contributed by atoms with E-state index in [2.05, 4.69) is 105 Å². The Balaban J connectivity index is 0.000000347. The van der Waals surface area contributed by atoms with Crippen LogP contribution in [0.25, 0.3) is 42.8 Å². The molecule has 3 aromatic heterocycles. The number of rotatable bonds is 11. The number of aliphatic hydroxyl groups is 1. The van der Waals surface area contributed by atoms with E-state index in [-0.39, 0.29) is 48.9 Å². The van der Waals surface area contributed by atoms with Gasteiger partial charge in [0.1, 0.15) is 11.2 Å². The summed E-state index contributed by atoms with van der Waals surface area (Å²) in [5.41, 5.74) is 5.28. The van der Waals surface area contributed by atoms with Gasteiger partial charge in [-0.1, -0.05) is 97.5 Å². The number of benzene rings is 2. The third kappa shape index (κ3) is 10.4. The molecular weight excluding hydrogens is 803 g/mol. The summed E-state index contributed by atoms with van der Waals surface area (Å²) in [6.07, 6.45) is 7.56. The quantitative estimate of drug-likeness (QED) is 0.0814. The first-order valence-electron chi connectivity index (χ1n) is 17.5. The number of hydrogen-bond donors (Lipinski definition) is 1. The Labute approximate surface area is 311 Å². The molecule has 0 amide bonds. The molecule has 0 aliphatic rings. The number of aliphatic hydroxyl groups excluding tert-OH is 1. The largest absolute Gasteiger partial charge is 0.512 e. The molecule has 5 aromatic rings. The van der Waals surface area contributed by atoms with Gasteiger partial charge < -0.3 is 5.11 Å². The van der Waals surface area contributed by atoms with Crippen molar-refractivity contribution in [1.82, 2.24) is 15.0 Å². The minimum absolute atomic E-state index is 0. The van der Waals surface area contributed by atoms with Crippen LogP contribution in [0.15, 0.2) is 72.8 Å². The Hall–Kier alpha value is -3.25. The van der Waals surface area contributed by atoms with Gasteiger partial charge in [-0.15, -0.1) is 40.5 Å². The molecule has 0 atom stereocenters. The fraction of sp³-hybridized carbons (Fsp3) is 0.429. The Morgan fingerprint density at radius 1 is 0.898 bits per heavy atom. The van der Waals surface area contributed by atoms with Crippen molar-refractivity contribution < 1.29 is 30.0 Å². The number of carbonyl (C=O) groups excluding carboxylic acids is 1. The number of allylic oxidation sites excluding steroid dienone is 2. The number of thiophene rings is 1. The van der Waals surface area contributed by atoms with Crippen molar-refractivity contribution in [3.63, 3.8) is 0 Å². The number of aromatic nitrogens is 3. The van der Waals surface area contributed by atoms with Crippen LogP contribution in [0.4, 0.5) is 0 Å². The molecular formula is C42H52IrN3O2S-. The second-order valence-electron chi connectivity index (χ2n) is 14.1. The molecule has 1 N–H and O–H groups in total. The van der Waals surface area contributed by atoms with Crippen LogP contribution in [0.1, 0.15) is 99.3 Å². The van der Waals surface area contributed by atoms with Crippen molar-refractivity contribution in [3.05, 3.63) is 90.1 Å². The van der Waals surface area contributed by atoms with Crippen LogP contribution in [0.5, 0.6) is 0 Å². The molecule has 263 valence electrons. The van der Waals surface area contributed by atoms with Crippen LogP contribution in [0.3, 0.4) is 0 Å². The van der Waals surface area contributed by atoms with Crippen molar-refractivity contribution in [2.24, 2.45) is 17.8 Å². The maximum Gasteiger partial charge on any atom is 0.162 e. The number of hydrogen-bond acceptors (Lipinski definition) is 6. The number of carbonyl (C=O) groups is 1. The number of fused-ring (bicyclic) bond motifs is 2. The van der Waals surface area contributed by atoms with Gasteiger partial charge >= 0.3 is 0 Å². The zero-order valence-corrected chi connectivity index (χ0v) is 33.8. The first-order chi connectivity index (χ1) is 22.9. The van der Waals surface area contributed by atoms with E-state index in [1.54, 1.807) is 17.7 Å². The molecule has 7 heteroatoms. The Morgan fingerprint density at radius 2 is 1.55 bits per heavy atom. The molecule has 0 aliphatic heterocycles. The predicted octanol–water partition coefficient (Wildman–Crippen LogP) is 11.7. The molecule has 0 spiro atoms. The maximum absolute atomic E-state index is 11.7. The van der Waals surface area contributed by atoms with E-state index >= 15 is 0 Å². The van der Waals surface area contributed by atoms with Gasteiger partial charge in [-0.2, -0.15) is 0 Å². The Morgan fingerprint density at radius 3 is 2.18 bits per heavy atom. The Kier molecular flexibility index (Phi) is 14.9. The summed E-state index contributed by atoms with van der Waals surface area (Å²) in [7, 11) is 0. The molecule has 5 nitrogen and oxygen atoms in total. The van der Waals surface area contributed by atoms with Crippen molar-refractivity contribution in [1.29, 1.82) is 0 Å². The fourth-order valence-electron chi connectivity index (χ4n) is 6.02. The van der Waals surface area contributed by atoms with Crippen molar-refractivity contribution in [2.45, 2.75) is 99.8 Å². The van der Waals surface area contributed by atoms with Crippen molar-refractivity contribution >= 4 is 38.1 Å². The van der Waals surface area contributed by atoms with E-state index in [0.29, 0.717) is 5.92 Å². The van der Waals surface area contributed by atoms with Gasteiger partial charge in [-0.3, -0.25) is 9.78 Å². The molecule has 0 unspecified atom stereocenters. The zero-order valence-electron chi connectivity index (χ0n) is 30.6. The van der Waals surface area contributed by atoms with Crippen LogP contribution >= 0.6 is 11.3 Å². The first kappa shape index (κ1) is 40.2. The molecule has 0 saturated heterocycles. The van der Waals surface area contributed by atoms with Gasteiger partial charge in [-0.05, 0) is 61.6 Å². The van der Waals surface area contributed by atoms with Gasteiger partial charge in [-0.25, -0.2) is 9.97 Å². The van der Waals surface area contributed by atoms with E-state index in [0.717, 1.165) is 75.2 Å². The molecule has 0 aliphatic carbocycles. The van der Waals surface area contributed by atoms with E-state index in [1.165, 1.54) is 17.0 Å².